The highest BCUT2D eigenvalue weighted by Gasteiger charge is 2.71. The van der Waals surface area contributed by atoms with Crippen molar-refractivity contribution >= 4 is 11.9 Å². The Morgan fingerprint density at radius 1 is 1.23 bits per heavy atom. The summed E-state index contributed by atoms with van der Waals surface area (Å²) in [5, 5.41) is 0. The molecule has 4 atom stereocenters. The molecular formula is C23H29NO6. The number of methoxy groups -OCH3 is 1. The van der Waals surface area contributed by atoms with Crippen molar-refractivity contribution in [3.63, 3.8) is 0 Å². The van der Waals surface area contributed by atoms with Gasteiger partial charge in [0.25, 0.3) is 0 Å². The Kier molecular flexibility index (Phi) is 4.84. The van der Waals surface area contributed by atoms with Gasteiger partial charge in [-0.3, -0.25) is 14.5 Å². The van der Waals surface area contributed by atoms with E-state index in [1.165, 1.54) is 13.8 Å². The van der Waals surface area contributed by atoms with E-state index < -0.39 is 23.1 Å². The molecule has 162 valence electrons. The van der Waals surface area contributed by atoms with E-state index >= 15 is 0 Å². The van der Waals surface area contributed by atoms with Gasteiger partial charge >= 0.3 is 11.9 Å². The number of aryl methyl sites for hydroxylation is 1. The number of hydrogen-bond acceptors (Lipinski definition) is 7. The molecule has 0 N–H and O–H groups in total. The van der Waals surface area contributed by atoms with Crippen molar-refractivity contribution in [2.75, 3.05) is 20.7 Å². The van der Waals surface area contributed by atoms with Crippen molar-refractivity contribution in [2.45, 2.75) is 63.7 Å². The Labute approximate surface area is 176 Å². The smallest absolute Gasteiger partial charge is 0.307 e. The lowest BCUT2D eigenvalue weighted by Crippen LogP contribution is -2.73. The van der Waals surface area contributed by atoms with E-state index in [0.717, 1.165) is 17.7 Å². The maximum Gasteiger partial charge on any atom is 0.307 e. The second-order valence-corrected chi connectivity index (χ2v) is 8.55. The van der Waals surface area contributed by atoms with Gasteiger partial charge in [0.05, 0.1) is 12.5 Å². The van der Waals surface area contributed by atoms with Crippen LogP contribution in [0.15, 0.2) is 24.0 Å². The summed E-state index contributed by atoms with van der Waals surface area (Å²) < 4.78 is 23.9. The van der Waals surface area contributed by atoms with Gasteiger partial charge in [0, 0.05) is 31.9 Å². The largest absolute Gasteiger partial charge is 0.493 e. The number of ether oxygens (including phenoxy) is 4. The van der Waals surface area contributed by atoms with E-state index in [1.54, 1.807) is 7.11 Å². The molecule has 7 nitrogen and oxygen atoms in total. The molecule has 0 unspecified atom stereocenters. The molecule has 2 heterocycles. The number of likely N-dealkylation sites (N-methyl/N-ethyl adjacent to an activating group) is 1. The average molecular weight is 415 g/mol. The molecule has 4 rings (SSSR count). The van der Waals surface area contributed by atoms with E-state index in [-0.39, 0.29) is 12.0 Å². The molecule has 0 bridgehead atoms. The van der Waals surface area contributed by atoms with Crippen LogP contribution in [0.4, 0.5) is 0 Å². The molecule has 1 aromatic carbocycles. The van der Waals surface area contributed by atoms with Crippen molar-refractivity contribution in [1.82, 2.24) is 4.90 Å². The van der Waals surface area contributed by atoms with Crippen LogP contribution in [0.3, 0.4) is 0 Å². The highest BCUT2D eigenvalue weighted by molar-refractivity contribution is 5.70. The first-order valence-corrected chi connectivity index (χ1v) is 10.3. The average Bonchev–Trinajstić information content (AvgIpc) is 3.04. The highest BCUT2D eigenvalue weighted by atomic mass is 16.6. The number of piperidine rings is 1. The van der Waals surface area contributed by atoms with Crippen molar-refractivity contribution in [1.29, 1.82) is 0 Å². The van der Waals surface area contributed by atoms with E-state index in [9.17, 15) is 9.59 Å². The van der Waals surface area contributed by atoms with Crippen molar-refractivity contribution in [3.8, 4) is 11.5 Å². The van der Waals surface area contributed by atoms with E-state index in [4.69, 9.17) is 18.9 Å². The number of hydrogen-bond donors (Lipinski definition) is 0. The molecule has 1 spiro atoms. The summed E-state index contributed by atoms with van der Waals surface area (Å²) in [7, 11) is 3.64. The van der Waals surface area contributed by atoms with Crippen LogP contribution in [-0.4, -0.2) is 55.3 Å². The summed E-state index contributed by atoms with van der Waals surface area (Å²) in [6.07, 6.45) is 2.37. The molecular weight excluding hydrogens is 386 g/mol. The molecule has 0 aromatic heterocycles. The maximum atomic E-state index is 12.4. The Balaban J connectivity index is 2.04. The second-order valence-electron chi connectivity index (χ2n) is 8.55. The number of rotatable bonds is 3. The number of carbonyl (C=O) groups excluding carboxylic acids is 2. The zero-order chi connectivity index (χ0) is 21.8. The molecule has 1 fully saturated rings. The number of fused-ring (bicyclic) bond motifs is 1. The Morgan fingerprint density at radius 3 is 2.60 bits per heavy atom. The van der Waals surface area contributed by atoms with E-state index in [2.05, 4.69) is 11.8 Å². The Hall–Kier alpha value is -2.54. The van der Waals surface area contributed by atoms with Gasteiger partial charge in [-0.05, 0) is 51.6 Å². The predicted molar refractivity (Wildman–Crippen MR) is 109 cm³/mol. The molecule has 3 aliphatic rings. The summed E-state index contributed by atoms with van der Waals surface area (Å²) >= 11 is 0. The third kappa shape index (κ3) is 2.61. The molecule has 1 saturated heterocycles. The van der Waals surface area contributed by atoms with Crippen LogP contribution < -0.4 is 9.47 Å². The normalized spacial score (nSPS) is 32.1. The molecule has 1 aromatic rings. The van der Waals surface area contributed by atoms with Crippen LogP contribution in [0, 0.1) is 6.92 Å². The lowest BCUT2D eigenvalue weighted by Gasteiger charge is -2.59. The van der Waals surface area contributed by atoms with Crippen molar-refractivity contribution in [2.24, 2.45) is 0 Å². The summed E-state index contributed by atoms with van der Waals surface area (Å²) in [6.45, 7) is 7.72. The first-order valence-electron chi connectivity index (χ1n) is 10.3. The van der Waals surface area contributed by atoms with Gasteiger partial charge in [-0.25, -0.2) is 0 Å². The quantitative estimate of drug-likeness (QED) is 0.703. The summed E-state index contributed by atoms with van der Waals surface area (Å²) in [5.41, 5.74) is 0.442. The molecule has 30 heavy (non-hydrogen) atoms. The lowest BCUT2D eigenvalue weighted by atomic mass is 9.54. The number of esters is 2. The lowest BCUT2D eigenvalue weighted by molar-refractivity contribution is -0.198. The van der Waals surface area contributed by atoms with E-state index in [1.807, 2.05) is 32.2 Å². The minimum atomic E-state index is -0.872. The minimum absolute atomic E-state index is 0.0760. The maximum absolute atomic E-state index is 12.4. The third-order valence-corrected chi connectivity index (χ3v) is 7.08. The predicted octanol–water partition coefficient (Wildman–Crippen LogP) is 2.88. The van der Waals surface area contributed by atoms with Crippen LogP contribution >= 0.6 is 0 Å². The first-order chi connectivity index (χ1) is 14.2. The Morgan fingerprint density at radius 2 is 1.97 bits per heavy atom. The van der Waals surface area contributed by atoms with Crippen LogP contribution in [0.2, 0.25) is 0 Å². The van der Waals surface area contributed by atoms with Crippen molar-refractivity contribution in [3.05, 3.63) is 35.1 Å². The van der Waals surface area contributed by atoms with Crippen LogP contribution in [0.25, 0.3) is 0 Å². The monoisotopic (exact) mass is 415 g/mol. The molecule has 7 heteroatoms. The van der Waals surface area contributed by atoms with Gasteiger partial charge in [0.2, 0.25) is 0 Å². The summed E-state index contributed by atoms with van der Waals surface area (Å²) in [6, 6.07) is 3.81. The number of carbonyl (C=O) groups is 2. The molecule has 0 saturated carbocycles. The zero-order valence-corrected chi connectivity index (χ0v) is 18.4. The third-order valence-electron chi connectivity index (χ3n) is 7.08. The Bertz CT molecular complexity index is 940. The van der Waals surface area contributed by atoms with Crippen LogP contribution in [-0.2, 0) is 24.5 Å². The number of likely N-dealkylation sites (tertiary alicyclic amines) is 1. The SMILES string of the molecule is COc1ccc(C)c2c1O[C@H]1C(OC(C)=O)=CC[C@@]3(OC(C)=O)[C@@H](C)N(C)CC[C@]213. The van der Waals surface area contributed by atoms with Crippen LogP contribution in [0.5, 0.6) is 11.5 Å². The number of benzene rings is 1. The zero-order valence-electron chi connectivity index (χ0n) is 18.4. The molecule has 1 aliphatic carbocycles. The molecule has 0 amide bonds. The summed E-state index contributed by atoms with van der Waals surface area (Å²) in [4.78, 5) is 26.4. The van der Waals surface area contributed by atoms with Gasteiger partial charge < -0.3 is 18.9 Å². The van der Waals surface area contributed by atoms with Gasteiger partial charge in [-0.1, -0.05) is 6.07 Å². The fourth-order valence-electron chi connectivity index (χ4n) is 5.77. The van der Waals surface area contributed by atoms with Gasteiger partial charge in [-0.15, -0.1) is 0 Å². The first kappa shape index (κ1) is 20.7. The summed E-state index contributed by atoms with van der Waals surface area (Å²) in [5.74, 6) is 0.981. The minimum Gasteiger partial charge on any atom is -0.493 e. The van der Waals surface area contributed by atoms with Gasteiger partial charge in [0.15, 0.2) is 17.6 Å². The topological polar surface area (TPSA) is 74.3 Å². The van der Waals surface area contributed by atoms with Gasteiger partial charge in [-0.2, -0.15) is 0 Å². The fourth-order valence-corrected chi connectivity index (χ4v) is 5.77. The fraction of sp³-hybridized carbons (Fsp3) is 0.565. The standard InChI is InChI=1S/C23H29NO6/c1-13-7-8-17(27-6)20-19(13)22-11-12-24(5)14(2)23(22,30-16(4)26)10-9-18(21(22)29-20)28-15(3)25/h7-9,14,21H,10-12H2,1-6H3/t14-,21+,22+,23-/m1/s1. The van der Waals surface area contributed by atoms with Crippen LogP contribution in [0.1, 0.15) is 44.7 Å². The molecule has 2 aliphatic heterocycles. The van der Waals surface area contributed by atoms with Gasteiger partial charge in [0.1, 0.15) is 11.4 Å². The number of nitrogens with zero attached hydrogens (tertiary/aromatic N) is 1. The van der Waals surface area contributed by atoms with E-state index in [0.29, 0.717) is 30.1 Å². The molecule has 0 radical (unpaired) electrons. The van der Waals surface area contributed by atoms with Crippen molar-refractivity contribution < 1.29 is 28.5 Å². The highest BCUT2D eigenvalue weighted by Crippen LogP contribution is 2.63. The second kappa shape index (κ2) is 7.01.